The van der Waals surface area contributed by atoms with E-state index in [1.807, 2.05) is 42.5 Å². The highest BCUT2D eigenvalue weighted by Gasteiger charge is 2.13. The first-order chi connectivity index (χ1) is 8.84. The first kappa shape index (κ1) is 9.92. The molecule has 86 valence electrons. The lowest BCUT2D eigenvalue weighted by molar-refractivity contribution is 0.654. The van der Waals surface area contributed by atoms with Gasteiger partial charge in [0.2, 0.25) is 5.71 Å². The van der Waals surface area contributed by atoms with E-state index >= 15 is 0 Å². The number of halogens is 1. The van der Waals surface area contributed by atoms with Crippen molar-refractivity contribution in [3.63, 3.8) is 0 Å². The van der Waals surface area contributed by atoms with E-state index in [4.69, 9.17) is 16.0 Å². The van der Waals surface area contributed by atoms with Gasteiger partial charge in [0.15, 0.2) is 0 Å². The van der Waals surface area contributed by atoms with Gasteiger partial charge >= 0.3 is 0 Å². The van der Waals surface area contributed by atoms with Gasteiger partial charge in [0.25, 0.3) is 0 Å². The molecule has 4 rings (SSSR count). The lowest BCUT2D eigenvalue weighted by Gasteiger charge is -2.01. The van der Waals surface area contributed by atoms with Crippen molar-refractivity contribution < 1.29 is 4.42 Å². The Labute approximate surface area is 108 Å². The number of pyridine rings is 1. The molecule has 2 aromatic heterocycles. The van der Waals surface area contributed by atoms with Crippen molar-refractivity contribution in [3.05, 3.63) is 53.7 Å². The standard InChI is InChI=1S/C15H8ClNO/c16-14-10-5-2-1-4-9(10)8-12-13(14)11-6-3-7-17-15(11)18-12/h1-8H. The lowest BCUT2D eigenvalue weighted by atomic mass is 10.1. The molecule has 4 aromatic rings. The number of furan rings is 1. The van der Waals surface area contributed by atoms with Gasteiger partial charge in [-0.25, -0.2) is 4.98 Å². The predicted octanol–water partition coefficient (Wildman–Crippen LogP) is 4.79. The zero-order valence-corrected chi connectivity index (χ0v) is 10.1. The lowest BCUT2D eigenvalue weighted by Crippen LogP contribution is -1.76. The molecule has 0 unspecified atom stereocenters. The van der Waals surface area contributed by atoms with Crippen molar-refractivity contribution in [1.29, 1.82) is 0 Å². The van der Waals surface area contributed by atoms with E-state index in [9.17, 15) is 0 Å². The molecular formula is C15H8ClNO. The highest BCUT2D eigenvalue weighted by Crippen LogP contribution is 2.37. The molecule has 0 fully saturated rings. The molecule has 0 aliphatic heterocycles. The summed E-state index contributed by atoms with van der Waals surface area (Å²) < 4.78 is 5.75. The van der Waals surface area contributed by atoms with Crippen LogP contribution < -0.4 is 0 Å². The van der Waals surface area contributed by atoms with E-state index < -0.39 is 0 Å². The Morgan fingerprint density at radius 1 is 1.00 bits per heavy atom. The van der Waals surface area contributed by atoms with Crippen LogP contribution in [0.25, 0.3) is 32.8 Å². The highest BCUT2D eigenvalue weighted by atomic mass is 35.5. The normalized spacial score (nSPS) is 11.6. The summed E-state index contributed by atoms with van der Waals surface area (Å²) in [5.41, 5.74) is 1.41. The second kappa shape index (κ2) is 3.47. The summed E-state index contributed by atoms with van der Waals surface area (Å²) in [5, 5.41) is 4.75. The fraction of sp³-hybridized carbons (Fsp3) is 0. The van der Waals surface area contributed by atoms with Crippen LogP contribution in [0.5, 0.6) is 0 Å². The van der Waals surface area contributed by atoms with Gasteiger partial charge in [-0.1, -0.05) is 35.9 Å². The molecule has 0 spiro atoms. The Balaban J connectivity index is 2.34. The molecule has 0 amide bonds. The SMILES string of the molecule is Clc1c2ccccc2cc2oc3ncccc3c12. The highest BCUT2D eigenvalue weighted by molar-refractivity contribution is 6.42. The van der Waals surface area contributed by atoms with E-state index in [-0.39, 0.29) is 0 Å². The Morgan fingerprint density at radius 2 is 1.83 bits per heavy atom. The van der Waals surface area contributed by atoms with Gasteiger partial charge in [-0.2, -0.15) is 0 Å². The monoisotopic (exact) mass is 253 g/mol. The van der Waals surface area contributed by atoms with Gasteiger partial charge in [-0.05, 0) is 23.6 Å². The van der Waals surface area contributed by atoms with Crippen molar-refractivity contribution in [1.82, 2.24) is 4.98 Å². The Morgan fingerprint density at radius 3 is 2.78 bits per heavy atom. The third-order valence-corrected chi connectivity index (χ3v) is 3.59. The topological polar surface area (TPSA) is 26.0 Å². The van der Waals surface area contributed by atoms with Crippen molar-refractivity contribution >= 4 is 44.4 Å². The van der Waals surface area contributed by atoms with Crippen LogP contribution in [0, 0.1) is 0 Å². The van der Waals surface area contributed by atoms with Crippen LogP contribution in [0.2, 0.25) is 5.02 Å². The summed E-state index contributed by atoms with van der Waals surface area (Å²) in [7, 11) is 0. The van der Waals surface area contributed by atoms with Crippen LogP contribution in [0.1, 0.15) is 0 Å². The average Bonchev–Trinajstić information content (AvgIpc) is 2.77. The number of nitrogens with zero attached hydrogens (tertiary/aromatic N) is 1. The number of benzene rings is 2. The number of rotatable bonds is 0. The smallest absolute Gasteiger partial charge is 0.227 e. The minimum Gasteiger partial charge on any atom is -0.438 e. The van der Waals surface area contributed by atoms with E-state index in [0.717, 1.165) is 32.2 Å². The Hall–Kier alpha value is -2.06. The molecule has 18 heavy (non-hydrogen) atoms. The zero-order chi connectivity index (χ0) is 12.1. The maximum Gasteiger partial charge on any atom is 0.227 e. The average molecular weight is 254 g/mol. The fourth-order valence-electron chi connectivity index (χ4n) is 2.38. The van der Waals surface area contributed by atoms with Crippen LogP contribution in [0.15, 0.2) is 53.1 Å². The predicted molar refractivity (Wildman–Crippen MR) is 74.0 cm³/mol. The van der Waals surface area contributed by atoms with Gasteiger partial charge < -0.3 is 4.42 Å². The third-order valence-electron chi connectivity index (χ3n) is 3.20. The molecule has 2 heterocycles. The fourth-order valence-corrected chi connectivity index (χ4v) is 2.74. The number of hydrogen-bond acceptors (Lipinski definition) is 2. The van der Waals surface area contributed by atoms with Crippen LogP contribution >= 0.6 is 11.6 Å². The maximum absolute atomic E-state index is 6.51. The molecule has 0 saturated carbocycles. The van der Waals surface area contributed by atoms with Gasteiger partial charge in [0.1, 0.15) is 5.58 Å². The van der Waals surface area contributed by atoms with E-state index in [1.165, 1.54) is 0 Å². The van der Waals surface area contributed by atoms with E-state index in [2.05, 4.69) is 4.98 Å². The summed E-state index contributed by atoms with van der Waals surface area (Å²) in [6, 6.07) is 13.9. The second-order valence-corrected chi connectivity index (χ2v) is 4.62. The van der Waals surface area contributed by atoms with Gasteiger partial charge in [-0.15, -0.1) is 0 Å². The number of hydrogen-bond donors (Lipinski definition) is 0. The maximum atomic E-state index is 6.51. The minimum atomic E-state index is 0.629. The molecule has 2 nitrogen and oxygen atoms in total. The second-order valence-electron chi connectivity index (χ2n) is 4.24. The summed E-state index contributed by atoms with van der Waals surface area (Å²) in [6.45, 7) is 0. The molecule has 0 aliphatic rings. The molecule has 3 heteroatoms. The molecule has 0 N–H and O–H groups in total. The van der Waals surface area contributed by atoms with Crippen molar-refractivity contribution in [2.24, 2.45) is 0 Å². The van der Waals surface area contributed by atoms with Crippen LogP contribution in [-0.2, 0) is 0 Å². The van der Waals surface area contributed by atoms with Crippen LogP contribution in [-0.4, -0.2) is 4.98 Å². The van der Waals surface area contributed by atoms with Crippen LogP contribution in [0.4, 0.5) is 0 Å². The molecule has 0 saturated heterocycles. The first-order valence-electron chi connectivity index (χ1n) is 5.69. The molecule has 2 aromatic carbocycles. The van der Waals surface area contributed by atoms with E-state index in [0.29, 0.717) is 5.71 Å². The van der Waals surface area contributed by atoms with E-state index in [1.54, 1.807) is 6.20 Å². The summed E-state index contributed by atoms with van der Waals surface area (Å²) in [6.07, 6.45) is 1.72. The molecule has 0 bridgehead atoms. The van der Waals surface area contributed by atoms with Crippen molar-refractivity contribution in [2.45, 2.75) is 0 Å². The van der Waals surface area contributed by atoms with Crippen LogP contribution in [0.3, 0.4) is 0 Å². The summed E-state index contributed by atoms with van der Waals surface area (Å²) >= 11 is 6.51. The Bertz CT molecular complexity index is 895. The van der Waals surface area contributed by atoms with Crippen molar-refractivity contribution in [3.8, 4) is 0 Å². The molecule has 0 aliphatic carbocycles. The minimum absolute atomic E-state index is 0.629. The molecular weight excluding hydrogens is 246 g/mol. The van der Waals surface area contributed by atoms with Crippen molar-refractivity contribution in [2.75, 3.05) is 0 Å². The largest absolute Gasteiger partial charge is 0.438 e. The Kier molecular flexibility index (Phi) is 1.91. The summed E-state index contributed by atoms with van der Waals surface area (Å²) in [4.78, 5) is 4.22. The third kappa shape index (κ3) is 1.21. The number of fused-ring (bicyclic) bond motifs is 4. The van der Waals surface area contributed by atoms with Gasteiger partial charge in [-0.3, -0.25) is 0 Å². The first-order valence-corrected chi connectivity index (χ1v) is 6.07. The molecule has 0 atom stereocenters. The number of aromatic nitrogens is 1. The van der Waals surface area contributed by atoms with Gasteiger partial charge in [0, 0.05) is 22.4 Å². The molecule has 0 radical (unpaired) electrons. The quantitative estimate of drug-likeness (QED) is 0.450. The summed E-state index contributed by atoms with van der Waals surface area (Å²) in [5.74, 6) is 0. The zero-order valence-electron chi connectivity index (χ0n) is 9.35. The van der Waals surface area contributed by atoms with Gasteiger partial charge in [0.05, 0.1) is 5.02 Å².